The summed E-state index contributed by atoms with van der Waals surface area (Å²) < 4.78 is 40.6. The van der Waals surface area contributed by atoms with Crippen LogP contribution in [0.3, 0.4) is 0 Å². The molecule has 0 radical (unpaired) electrons. The lowest BCUT2D eigenvalue weighted by Crippen LogP contribution is -2.44. The average Bonchev–Trinajstić information content (AvgIpc) is 3.25. The van der Waals surface area contributed by atoms with Crippen LogP contribution in [0.4, 0.5) is 38.9 Å². The number of rotatable bonds is 7. The van der Waals surface area contributed by atoms with Crippen molar-refractivity contribution in [3.63, 3.8) is 0 Å². The first kappa shape index (κ1) is 26.2. The molecule has 0 saturated carbocycles. The number of para-hydroxylation sites is 2. The highest BCUT2D eigenvalue weighted by Gasteiger charge is 2.24. The molecule has 2 N–H and O–H groups in total. The molecular weight excluding hydrogens is 529 g/mol. The Kier molecular flexibility index (Phi) is 7.17. The van der Waals surface area contributed by atoms with E-state index in [4.69, 9.17) is 11.6 Å². The molecule has 38 heavy (non-hydrogen) atoms. The Bertz CT molecular complexity index is 1510. The maximum Gasteiger partial charge on any atom is 0.232 e. The van der Waals surface area contributed by atoms with Crippen molar-refractivity contribution in [1.82, 2.24) is 14.9 Å². The van der Waals surface area contributed by atoms with Gasteiger partial charge in [0.1, 0.15) is 11.6 Å². The Morgan fingerprint density at radius 3 is 2.50 bits per heavy atom. The zero-order valence-electron chi connectivity index (χ0n) is 21.4. The third-order valence-corrected chi connectivity index (χ3v) is 8.27. The van der Waals surface area contributed by atoms with Crippen molar-refractivity contribution in [3.05, 3.63) is 65.6 Å². The number of hydrogen-bond acceptors (Lipinski definition) is 8. The standard InChI is InChI=1S/C26H29ClFN7O2S/c1-33-12-14-35(15-13-33)22-11-8-17(16-19(22)28)29-26-31-21-10-9-18(27)24(21)25(32-26)30-20-6-4-5-7-23(20)34(2)38(3,36)37/h4-9,11,16H,10,12-15H2,1-3H3,(H2,29,30,31,32). The third kappa shape index (κ3) is 5.40. The number of allylic oxidation sites excluding steroid dienone is 1. The number of anilines is 6. The van der Waals surface area contributed by atoms with E-state index in [9.17, 15) is 8.42 Å². The molecule has 0 spiro atoms. The van der Waals surface area contributed by atoms with Crippen LogP contribution < -0.4 is 19.8 Å². The molecule has 12 heteroatoms. The van der Waals surface area contributed by atoms with E-state index in [0.717, 1.165) is 32.4 Å². The lowest BCUT2D eigenvalue weighted by atomic mass is 10.2. The molecule has 0 amide bonds. The number of sulfonamides is 1. The summed E-state index contributed by atoms with van der Waals surface area (Å²) in [5.41, 5.74) is 3.43. The molecule has 2 heterocycles. The SMILES string of the molecule is CN1CCN(c2ccc(Nc3nc4c(c(Nc5ccccc5N(C)S(C)(=O)=O)n3)C(Cl)=CC4)cc2F)CC1. The van der Waals surface area contributed by atoms with Gasteiger partial charge in [-0.25, -0.2) is 17.8 Å². The zero-order chi connectivity index (χ0) is 27.0. The van der Waals surface area contributed by atoms with Crippen molar-refractivity contribution in [3.8, 4) is 0 Å². The molecule has 1 aromatic heterocycles. The molecule has 1 saturated heterocycles. The van der Waals surface area contributed by atoms with Crippen LogP contribution in [0.1, 0.15) is 11.3 Å². The van der Waals surface area contributed by atoms with E-state index < -0.39 is 10.0 Å². The van der Waals surface area contributed by atoms with Gasteiger partial charge in [0, 0.05) is 50.4 Å². The van der Waals surface area contributed by atoms with Gasteiger partial charge in [0.2, 0.25) is 16.0 Å². The molecule has 3 aromatic rings. The van der Waals surface area contributed by atoms with Crippen LogP contribution in [-0.2, 0) is 16.4 Å². The summed E-state index contributed by atoms with van der Waals surface area (Å²) >= 11 is 6.48. The van der Waals surface area contributed by atoms with E-state index in [1.165, 1.54) is 17.4 Å². The first-order chi connectivity index (χ1) is 18.1. The van der Waals surface area contributed by atoms with Crippen LogP contribution in [0.25, 0.3) is 5.03 Å². The number of nitrogens with zero attached hydrogens (tertiary/aromatic N) is 5. The number of likely N-dealkylation sites (N-methyl/N-ethyl adjacent to an activating group) is 1. The number of halogens is 2. The zero-order valence-corrected chi connectivity index (χ0v) is 22.9. The molecule has 1 aliphatic carbocycles. The highest BCUT2D eigenvalue weighted by molar-refractivity contribution is 7.92. The topological polar surface area (TPSA) is 93.7 Å². The summed E-state index contributed by atoms with van der Waals surface area (Å²) in [5.74, 6) is 0.369. The van der Waals surface area contributed by atoms with Crippen molar-refractivity contribution < 1.29 is 12.8 Å². The Morgan fingerprint density at radius 2 is 1.79 bits per heavy atom. The Morgan fingerprint density at radius 1 is 1.05 bits per heavy atom. The van der Waals surface area contributed by atoms with Gasteiger partial charge in [-0.05, 0) is 37.4 Å². The van der Waals surface area contributed by atoms with E-state index in [0.29, 0.717) is 51.3 Å². The highest BCUT2D eigenvalue weighted by Crippen LogP contribution is 2.38. The number of benzene rings is 2. The summed E-state index contributed by atoms with van der Waals surface area (Å²) in [5, 5.41) is 6.86. The first-order valence-corrected chi connectivity index (χ1v) is 14.4. The van der Waals surface area contributed by atoms with Gasteiger partial charge in [0.05, 0.1) is 34.6 Å². The Labute approximate surface area is 227 Å². The average molecular weight is 558 g/mol. The molecule has 0 atom stereocenters. The second-order valence-electron chi connectivity index (χ2n) is 9.43. The monoisotopic (exact) mass is 557 g/mol. The number of nitrogens with one attached hydrogen (secondary N) is 2. The van der Waals surface area contributed by atoms with Crippen LogP contribution in [0.5, 0.6) is 0 Å². The molecule has 200 valence electrons. The Hall–Kier alpha value is -3.41. The largest absolute Gasteiger partial charge is 0.367 e. The Balaban J connectivity index is 1.44. The number of fused-ring (bicyclic) bond motifs is 1. The van der Waals surface area contributed by atoms with Crippen molar-refractivity contribution in [2.24, 2.45) is 0 Å². The predicted molar refractivity (Wildman–Crippen MR) is 152 cm³/mol. The minimum absolute atomic E-state index is 0.270. The fourth-order valence-electron chi connectivity index (χ4n) is 4.52. The minimum atomic E-state index is -3.49. The van der Waals surface area contributed by atoms with Gasteiger partial charge in [-0.1, -0.05) is 29.8 Å². The van der Waals surface area contributed by atoms with Crippen LogP contribution in [0, 0.1) is 5.82 Å². The smallest absolute Gasteiger partial charge is 0.232 e. The lowest BCUT2D eigenvalue weighted by molar-refractivity contribution is 0.311. The van der Waals surface area contributed by atoms with Gasteiger partial charge in [-0.3, -0.25) is 4.31 Å². The number of piperazine rings is 1. The molecule has 0 bridgehead atoms. The summed E-state index contributed by atoms with van der Waals surface area (Å²) in [6.07, 6.45) is 3.50. The summed E-state index contributed by atoms with van der Waals surface area (Å²) in [6.45, 7) is 3.32. The second kappa shape index (κ2) is 10.4. The van der Waals surface area contributed by atoms with Gasteiger partial charge in [0.15, 0.2) is 0 Å². The van der Waals surface area contributed by atoms with Crippen LogP contribution in [-0.4, -0.2) is 69.8 Å². The second-order valence-corrected chi connectivity index (χ2v) is 11.8. The molecule has 2 aromatic carbocycles. The molecule has 5 rings (SSSR count). The molecule has 9 nitrogen and oxygen atoms in total. The summed E-state index contributed by atoms with van der Waals surface area (Å²) in [4.78, 5) is 13.5. The third-order valence-electron chi connectivity index (χ3n) is 6.74. The fraction of sp³-hybridized carbons (Fsp3) is 0.308. The van der Waals surface area contributed by atoms with E-state index in [1.54, 1.807) is 30.3 Å². The number of aromatic nitrogens is 2. The minimum Gasteiger partial charge on any atom is -0.367 e. The maximum absolute atomic E-state index is 15.1. The van der Waals surface area contributed by atoms with Crippen LogP contribution in [0.15, 0.2) is 48.5 Å². The molecule has 1 fully saturated rings. The van der Waals surface area contributed by atoms with Gasteiger partial charge in [-0.2, -0.15) is 4.98 Å². The van der Waals surface area contributed by atoms with E-state index in [1.807, 2.05) is 17.0 Å². The quantitative estimate of drug-likeness (QED) is 0.442. The molecular formula is C26H29ClFN7O2S. The molecule has 1 aliphatic heterocycles. The van der Waals surface area contributed by atoms with Gasteiger partial charge < -0.3 is 20.4 Å². The van der Waals surface area contributed by atoms with E-state index in [2.05, 4.69) is 32.5 Å². The van der Waals surface area contributed by atoms with Gasteiger partial charge in [-0.15, -0.1) is 0 Å². The maximum atomic E-state index is 15.1. The van der Waals surface area contributed by atoms with Crippen molar-refractivity contribution >= 4 is 61.2 Å². The lowest BCUT2D eigenvalue weighted by Gasteiger charge is -2.34. The van der Waals surface area contributed by atoms with Crippen molar-refractivity contribution in [2.45, 2.75) is 6.42 Å². The van der Waals surface area contributed by atoms with Crippen molar-refractivity contribution in [2.75, 3.05) is 66.4 Å². The van der Waals surface area contributed by atoms with Crippen molar-refractivity contribution in [1.29, 1.82) is 0 Å². The van der Waals surface area contributed by atoms with Crippen LogP contribution in [0.2, 0.25) is 0 Å². The molecule has 2 aliphatic rings. The van der Waals surface area contributed by atoms with Gasteiger partial charge >= 0.3 is 0 Å². The normalized spacial score (nSPS) is 15.7. The highest BCUT2D eigenvalue weighted by atomic mass is 35.5. The number of hydrogen-bond donors (Lipinski definition) is 2. The van der Waals surface area contributed by atoms with Gasteiger partial charge in [0.25, 0.3) is 0 Å². The fourth-order valence-corrected chi connectivity index (χ4v) is 5.31. The first-order valence-electron chi connectivity index (χ1n) is 12.2. The van der Waals surface area contributed by atoms with E-state index >= 15 is 4.39 Å². The van der Waals surface area contributed by atoms with Crippen LogP contribution >= 0.6 is 11.6 Å². The summed E-state index contributed by atoms with van der Waals surface area (Å²) in [6, 6.07) is 12.0. The predicted octanol–water partition coefficient (Wildman–Crippen LogP) is 4.39. The van der Waals surface area contributed by atoms with E-state index in [-0.39, 0.29) is 11.8 Å². The summed E-state index contributed by atoms with van der Waals surface area (Å²) in [7, 11) is 0.0568. The molecule has 0 unspecified atom stereocenters.